The molecule has 6 nitrogen and oxygen atoms in total. The highest BCUT2D eigenvalue weighted by molar-refractivity contribution is 8.00. The number of thioether (sulfide) groups is 1. The van der Waals surface area contributed by atoms with Gasteiger partial charge in [0.15, 0.2) is 11.0 Å². The molecule has 8 heteroatoms. The summed E-state index contributed by atoms with van der Waals surface area (Å²) in [5.74, 6) is 1.17. The number of hydrogen-bond acceptors (Lipinski definition) is 5. The van der Waals surface area contributed by atoms with Gasteiger partial charge in [0.05, 0.1) is 10.3 Å². The molecule has 24 heavy (non-hydrogen) atoms. The molecule has 1 atom stereocenters. The van der Waals surface area contributed by atoms with Gasteiger partial charge in [-0.3, -0.25) is 4.79 Å². The number of aromatic nitrogens is 3. The van der Waals surface area contributed by atoms with Crippen molar-refractivity contribution in [3.8, 4) is 5.75 Å². The van der Waals surface area contributed by atoms with Gasteiger partial charge in [-0.2, -0.15) is 0 Å². The van der Waals surface area contributed by atoms with Gasteiger partial charge >= 0.3 is 0 Å². The maximum absolute atomic E-state index is 11.9. The molecule has 1 aromatic carbocycles. The fourth-order valence-electron chi connectivity index (χ4n) is 1.81. The summed E-state index contributed by atoms with van der Waals surface area (Å²) in [7, 11) is 1.84. The third kappa shape index (κ3) is 4.75. The van der Waals surface area contributed by atoms with Gasteiger partial charge in [0.25, 0.3) is 0 Å². The lowest BCUT2D eigenvalue weighted by Crippen LogP contribution is -2.31. The van der Waals surface area contributed by atoms with E-state index >= 15 is 0 Å². The molecule has 0 radical (unpaired) electrons. The summed E-state index contributed by atoms with van der Waals surface area (Å²) < 4.78 is 7.47. The van der Waals surface area contributed by atoms with Gasteiger partial charge in [0.1, 0.15) is 12.4 Å². The summed E-state index contributed by atoms with van der Waals surface area (Å²) in [4.78, 5) is 11.9. The molecule has 1 unspecified atom stereocenters. The summed E-state index contributed by atoms with van der Waals surface area (Å²) in [6, 6.07) is 7.24. The maximum Gasteiger partial charge on any atom is 0.233 e. The van der Waals surface area contributed by atoms with Crippen molar-refractivity contribution in [2.45, 2.75) is 23.9 Å². The summed E-state index contributed by atoms with van der Waals surface area (Å²) in [6.45, 7) is 6.08. The number of nitrogens with zero attached hydrogens (tertiary/aromatic N) is 3. The van der Waals surface area contributed by atoms with Crippen molar-refractivity contribution in [1.29, 1.82) is 0 Å². The average molecular weight is 367 g/mol. The number of carbonyl (C=O) groups excluding carboxylic acids is 1. The molecule has 0 spiro atoms. The van der Waals surface area contributed by atoms with Crippen molar-refractivity contribution in [3.05, 3.63) is 47.8 Å². The van der Waals surface area contributed by atoms with Crippen LogP contribution in [-0.4, -0.2) is 32.5 Å². The standard InChI is InChI=1S/C16H19ClN4O2S/c1-4-9-18-15(22)11(2)24-16-20-19-14(21(16)3)10-23-13-8-6-5-7-12(13)17/h4-8,11H,1,9-10H2,2-3H3,(H,18,22). The van der Waals surface area contributed by atoms with Crippen LogP contribution >= 0.6 is 23.4 Å². The van der Waals surface area contributed by atoms with Gasteiger partial charge in [0, 0.05) is 13.6 Å². The van der Waals surface area contributed by atoms with Gasteiger partial charge in [-0.25, -0.2) is 0 Å². The molecule has 0 saturated carbocycles. The molecule has 128 valence electrons. The molecule has 1 heterocycles. The second kappa shape index (κ2) is 8.75. The second-order valence-corrected chi connectivity index (χ2v) is 6.69. The molecular formula is C16H19ClN4O2S. The minimum atomic E-state index is -0.287. The van der Waals surface area contributed by atoms with Crippen molar-refractivity contribution in [1.82, 2.24) is 20.1 Å². The van der Waals surface area contributed by atoms with Crippen LogP contribution in [0.2, 0.25) is 5.02 Å². The summed E-state index contributed by atoms with van der Waals surface area (Å²) in [6.07, 6.45) is 1.64. The first-order valence-electron chi connectivity index (χ1n) is 7.33. The molecule has 0 aliphatic carbocycles. The highest BCUT2D eigenvalue weighted by Crippen LogP contribution is 2.25. The van der Waals surface area contributed by atoms with Gasteiger partial charge in [-0.05, 0) is 19.1 Å². The molecule has 0 aliphatic rings. The molecule has 0 aliphatic heterocycles. The van der Waals surface area contributed by atoms with Crippen LogP contribution < -0.4 is 10.1 Å². The smallest absolute Gasteiger partial charge is 0.233 e. The predicted octanol–water partition coefficient (Wildman–Crippen LogP) is 2.83. The van der Waals surface area contributed by atoms with E-state index in [9.17, 15) is 4.79 Å². The number of carbonyl (C=O) groups is 1. The lowest BCUT2D eigenvalue weighted by molar-refractivity contribution is -0.120. The fraction of sp³-hybridized carbons (Fsp3) is 0.312. The van der Waals surface area contributed by atoms with E-state index in [0.29, 0.717) is 28.3 Å². The number of para-hydroxylation sites is 1. The molecule has 0 bridgehead atoms. The van der Waals surface area contributed by atoms with E-state index in [0.717, 1.165) is 0 Å². The minimum absolute atomic E-state index is 0.0724. The quantitative estimate of drug-likeness (QED) is 0.574. The second-order valence-electron chi connectivity index (χ2n) is 4.97. The number of hydrogen-bond donors (Lipinski definition) is 1. The van der Waals surface area contributed by atoms with E-state index in [4.69, 9.17) is 16.3 Å². The number of amides is 1. The van der Waals surface area contributed by atoms with Crippen LogP contribution in [0.3, 0.4) is 0 Å². The van der Waals surface area contributed by atoms with Gasteiger partial charge < -0.3 is 14.6 Å². The number of ether oxygens (including phenoxy) is 1. The van der Waals surface area contributed by atoms with E-state index in [2.05, 4.69) is 22.1 Å². The fourth-order valence-corrected chi connectivity index (χ4v) is 2.85. The topological polar surface area (TPSA) is 69.0 Å². The van der Waals surface area contributed by atoms with Crippen molar-refractivity contribution in [2.75, 3.05) is 6.54 Å². The van der Waals surface area contributed by atoms with Gasteiger partial charge in [-0.15, -0.1) is 16.8 Å². The van der Waals surface area contributed by atoms with Crippen molar-refractivity contribution in [3.63, 3.8) is 0 Å². The Kier molecular flexibility index (Phi) is 6.69. The third-order valence-corrected chi connectivity index (χ3v) is 4.64. The number of nitrogens with one attached hydrogen (secondary N) is 1. The minimum Gasteiger partial charge on any atom is -0.484 e. The first-order valence-corrected chi connectivity index (χ1v) is 8.59. The molecule has 1 amide bonds. The number of halogens is 1. The third-order valence-electron chi connectivity index (χ3n) is 3.19. The van der Waals surface area contributed by atoms with E-state index in [1.165, 1.54) is 11.8 Å². The van der Waals surface area contributed by atoms with E-state index in [1.54, 1.807) is 22.8 Å². The Hall–Kier alpha value is -1.99. The van der Waals surface area contributed by atoms with Crippen LogP contribution in [0.4, 0.5) is 0 Å². The van der Waals surface area contributed by atoms with Crippen molar-refractivity contribution < 1.29 is 9.53 Å². The molecular weight excluding hydrogens is 348 g/mol. The molecule has 0 saturated heterocycles. The van der Waals surface area contributed by atoms with Gasteiger partial charge in [0.2, 0.25) is 5.91 Å². The lowest BCUT2D eigenvalue weighted by Gasteiger charge is -2.11. The van der Waals surface area contributed by atoms with E-state index in [-0.39, 0.29) is 17.8 Å². The van der Waals surface area contributed by atoms with Crippen LogP contribution in [0.1, 0.15) is 12.7 Å². The Morgan fingerprint density at radius 3 is 2.96 bits per heavy atom. The van der Waals surface area contributed by atoms with Crippen LogP contribution in [0.25, 0.3) is 0 Å². The monoisotopic (exact) mass is 366 g/mol. The van der Waals surface area contributed by atoms with Crippen LogP contribution in [0.15, 0.2) is 42.1 Å². The van der Waals surface area contributed by atoms with Gasteiger partial charge in [-0.1, -0.05) is 41.6 Å². The first kappa shape index (κ1) is 18.4. The van der Waals surface area contributed by atoms with Crippen LogP contribution in [0.5, 0.6) is 5.75 Å². The zero-order valence-electron chi connectivity index (χ0n) is 13.5. The maximum atomic E-state index is 11.9. The zero-order valence-corrected chi connectivity index (χ0v) is 15.1. The Balaban J connectivity index is 1.97. The Morgan fingerprint density at radius 1 is 1.50 bits per heavy atom. The van der Waals surface area contributed by atoms with E-state index < -0.39 is 0 Å². The summed E-state index contributed by atoms with van der Waals surface area (Å²) in [5, 5.41) is 11.9. The Morgan fingerprint density at radius 2 is 2.25 bits per heavy atom. The summed E-state index contributed by atoms with van der Waals surface area (Å²) in [5.41, 5.74) is 0. The number of rotatable bonds is 8. The molecule has 0 fully saturated rings. The van der Waals surface area contributed by atoms with Crippen molar-refractivity contribution in [2.24, 2.45) is 7.05 Å². The zero-order chi connectivity index (χ0) is 17.5. The largest absolute Gasteiger partial charge is 0.484 e. The molecule has 2 rings (SSSR count). The molecule has 1 N–H and O–H groups in total. The Labute approximate surface area is 150 Å². The first-order chi connectivity index (χ1) is 11.5. The molecule has 1 aromatic heterocycles. The number of benzene rings is 1. The molecule has 2 aromatic rings. The highest BCUT2D eigenvalue weighted by atomic mass is 35.5. The highest BCUT2D eigenvalue weighted by Gasteiger charge is 2.18. The van der Waals surface area contributed by atoms with E-state index in [1.807, 2.05) is 26.1 Å². The Bertz CT molecular complexity index is 720. The predicted molar refractivity (Wildman–Crippen MR) is 95.3 cm³/mol. The van der Waals surface area contributed by atoms with Crippen molar-refractivity contribution >= 4 is 29.3 Å². The lowest BCUT2D eigenvalue weighted by atomic mass is 10.3. The normalized spacial score (nSPS) is 11.8. The average Bonchev–Trinajstić information content (AvgIpc) is 2.92. The van der Waals surface area contributed by atoms with Crippen LogP contribution in [0, 0.1) is 0 Å². The summed E-state index contributed by atoms with van der Waals surface area (Å²) >= 11 is 7.39. The van der Waals surface area contributed by atoms with Crippen LogP contribution in [-0.2, 0) is 18.4 Å². The SMILES string of the molecule is C=CCNC(=O)C(C)Sc1nnc(COc2ccccc2Cl)n1C.